The van der Waals surface area contributed by atoms with E-state index < -0.39 is 0 Å². The molecular formula is C16H21N5O2. The summed E-state index contributed by atoms with van der Waals surface area (Å²) in [4.78, 5) is 22.6. The quantitative estimate of drug-likeness (QED) is 0.932. The van der Waals surface area contributed by atoms with Crippen molar-refractivity contribution in [3.8, 4) is 5.82 Å². The molecule has 3 heterocycles. The van der Waals surface area contributed by atoms with Crippen LogP contribution in [0.2, 0.25) is 0 Å². The van der Waals surface area contributed by atoms with Gasteiger partial charge in [0.25, 0.3) is 0 Å². The van der Waals surface area contributed by atoms with Gasteiger partial charge in [0.1, 0.15) is 11.6 Å². The molecule has 2 amide bonds. The van der Waals surface area contributed by atoms with Crippen molar-refractivity contribution in [2.24, 2.45) is 0 Å². The van der Waals surface area contributed by atoms with Crippen LogP contribution in [0.25, 0.3) is 5.82 Å². The smallest absolute Gasteiger partial charge is 0.318 e. The molecule has 1 atom stereocenters. The molecule has 1 aliphatic rings. The first-order valence-electron chi connectivity index (χ1n) is 7.72. The standard InChI is InChI=1S/C16H21N5O2/c1-12-11-23-8-7-20(12)16(22)19-10-14-3-4-18-15(9-14)21-6-5-17-13(21)2/h3-6,9,12H,7-8,10-11H2,1-2H3,(H,19,22)/t12-/m1/s1. The Kier molecular flexibility index (Phi) is 4.57. The molecule has 0 saturated carbocycles. The summed E-state index contributed by atoms with van der Waals surface area (Å²) in [6, 6.07) is 3.90. The SMILES string of the molecule is Cc1nccn1-c1cc(CNC(=O)N2CCOC[C@H]2C)ccn1. The lowest BCUT2D eigenvalue weighted by Gasteiger charge is -2.33. The van der Waals surface area contributed by atoms with Gasteiger partial charge in [0.15, 0.2) is 0 Å². The summed E-state index contributed by atoms with van der Waals surface area (Å²) < 4.78 is 7.27. The van der Waals surface area contributed by atoms with Crippen molar-refractivity contribution in [1.29, 1.82) is 0 Å². The monoisotopic (exact) mass is 315 g/mol. The molecule has 2 aromatic rings. The number of hydrogen-bond acceptors (Lipinski definition) is 4. The Morgan fingerprint density at radius 2 is 2.30 bits per heavy atom. The molecule has 1 fully saturated rings. The van der Waals surface area contributed by atoms with Crippen LogP contribution in [0.5, 0.6) is 0 Å². The largest absolute Gasteiger partial charge is 0.377 e. The summed E-state index contributed by atoms with van der Waals surface area (Å²) in [7, 11) is 0. The van der Waals surface area contributed by atoms with E-state index in [1.165, 1.54) is 0 Å². The summed E-state index contributed by atoms with van der Waals surface area (Å²) in [6.07, 6.45) is 5.36. The molecular weight excluding hydrogens is 294 g/mol. The van der Waals surface area contributed by atoms with Gasteiger partial charge in [0, 0.05) is 31.7 Å². The summed E-state index contributed by atoms with van der Waals surface area (Å²) in [6.45, 7) is 6.19. The number of imidazole rings is 1. The number of amides is 2. The Bertz CT molecular complexity index is 685. The number of carbonyl (C=O) groups excluding carboxylic acids is 1. The van der Waals surface area contributed by atoms with Crippen LogP contribution in [0.15, 0.2) is 30.7 Å². The van der Waals surface area contributed by atoms with Crippen molar-refractivity contribution in [2.45, 2.75) is 26.4 Å². The van der Waals surface area contributed by atoms with Crippen LogP contribution in [0, 0.1) is 6.92 Å². The maximum atomic E-state index is 12.3. The number of pyridine rings is 1. The van der Waals surface area contributed by atoms with Gasteiger partial charge in [-0.15, -0.1) is 0 Å². The molecule has 1 aliphatic heterocycles. The zero-order chi connectivity index (χ0) is 16.2. The highest BCUT2D eigenvalue weighted by Crippen LogP contribution is 2.10. The molecule has 122 valence electrons. The lowest BCUT2D eigenvalue weighted by atomic mass is 10.2. The van der Waals surface area contributed by atoms with Gasteiger partial charge < -0.3 is 15.0 Å². The predicted molar refractivity (Wildman–Crippen MR) is 85.3 cm³/mol. The van der Waals surface area contributed by atoms with Crippen molar-refractivity contribution in [3.63, 3.8) is 0 Å². The van der Waals surface area contributed by atoms with E-state index in [2.05, 4.69) is 15.3 Å². The van der Waals surface area contributed by atoms with Crippen LogP contribution >= 0.6 is 0 Å². The summed E-state index contributed by atoms with van der Waals surface area (Å²) >= 11 is 0. The Morgan fingerprint density at radius 1 is 1.43 bits per heavy atom. The molecule has 0 bridgehead atoms. The highest BCUT2D eigenvalue weighted by atomic mass is 16.5. The van der Waals surface area contributed by atoms with Crippen molar-refractivity contribution >= 4 is 6.03 Å². The number of rotatable bonds is 3. The average Bonchev–Trinajstić information content (AvgIpc) is 2.99. The minimum absolute atomic E-state index is 0.0574. The van der Waals surface area contributed by atoms with Gasteiger partial charge in [-0.25, -0.2) is 14.8 Å². The van der Waals surface area contributed by atoms with E-state index >= 15 is 0 Å². The molecule has 7 heteroatoms. The lowest BCUT2D eigenvalue weighted by Crippen LogP contribution is -2.51. The van der Waals surface area contributed by atoms with Gasteiger partial charge in [-0.2, -0.15) is 0 Å². The number of carbonyl (C=O) groups is 1. The zero-order valence-electron chi connectivity index (χ0n) is 13.4. The van der Waals surface area contributed by atoms with Gasteiger partial charge in [0.2, 0.25) is 0 Å². The maximum absolute atomic E-state index is 12.3. The van der Waals surface area contributed by atoms with Gasteiger partial charge in [-0.05, 0) is 31.5 Å². The molecule has 2 aromatic heterocycles. The molecule has 0 radical (unpaired) electrons. The zero-order valence-corrected chi connectivity index (χ0v) is 13.4. The number of hydrogen-bond donors (Lipinski definition) is 1. The normalized spacial score (nSPS) is 18.0. The highest BCUT2D eigenvalue weighted by Gasteiger charge is 2.23. The van der Waals surface area contributed by atoms with E-state index in [0.717, 1.165) is 17.2 Å². The van der Waals surface area contributed by atoms with Gasteiger partial charge in [-0.1, -0.05) is 0 Å². The number of urea groups is 1. The van der Waals surface area contributed by atoms with E-state index in [1.807, 2.05) is 41.6 Å². The number of morpholine rings is 1. The average molecular weight is 315 g/mol. The Morgan fingerprint density at radius 3 is 3.04 bits per heavy atom. The topological polar surface area (TPSA) is 72.3 Å². The van der Waals surface area contributed by atoms with Gasteiger partial charge >= 0.3 is 6.03 Å². The third-order valence-corrected chi connectivity index (χ3v) is 3.95. The molecule has 7 nitrogen and oxygen atoms in total. The van der Waals surface area contributed by atoms with E-state index in [4.69, 9.17) is 4.74 Å². The van der Waals surface area contributed by atoms with Crippen LogP contribution < -0.4 is 5.32 Å². The molecule has 23 heavy (non-hydrogen) atoms. The van der Waals surface area contributed by atoms with Crippen LogP contribution in [-0.2, 0) is 11.3 Å². The number of ether oxygens (including phenoxy) is 1. The fourth-order valence-electron chi connectivity index (χ4n) is 2.63. The molecule has 1 N–H and O–H groups in total. The van der Waals surface area contributed by atoms with Crippen molar-refractivity contribution in [2.75, 3.05) is 19.8 Å². The summed E-state index contributed by atoms with van der Waals surface area (Å²) in [5.74, 6) is 1.67. The Hall–Kier alpha value is -2.41. The second kappa shape index (κ2) is 6.78. The third kappa shape index (κ3) is 3.50. The van der Waals surface area contributed by atoms with Crippen molar-refractivity contribution in [3.05, 3.63) is 42.1 Å². The van der Waals surface area contributed by atoms with E-state index in [1.54, 1.807) is 12.4 Å². The minimum atomic E-state index is -0.0574. The van der Waals surface area contributed by atoms with Crippen LogP contribution in [0.1, 0.15) is 18.3 Å². The second-order valence-electron chi connectivity index (χ2n) is 5.64. The van der Waals surface area contributed by atoms with Crippen molar-refractivity contribution in [1.82, 2.24) is 24.8 Å². The van der Waals surface area contributed by atoms with Gasteiger partial charge in [0.05, 0.1) is 19.3 Å². The second-order valence-corrected chi connectivity index (χ2v) is 5.64. The molecule has 1 saturated heterocycles. The predicted octanol–water partition coefficient (Wildman–Crippen LogP) is 1.51. The van der Waals surface area contributed by atoms with E-state index in [-0.39, 0.29) is 12.1 Å². The first-order chi connectivity index (χ1) is 11.1. The number of aromatic nitrogens is 3. The first-order valence-corrected chi connectivity index (χ1v) is 7.72. The highest BCUT2D eigenvalue weighted by molar-refractivity contribution is 5.74. The maximum Gasteiger partial charge on any atom is 0.318 e. The van der Waals surface area contributed by atoms with Gasteiger partial charge in [-0.3, -0.25) is 4.57 Å². The molecule has 0 unspecified atom stereocenters. The Balaban J connectivity index is 1.64. The van der Waals surface area contributed by atoms with E-state index in [9.17, 15) is 4.79 Å². The van der Waals surface area contributed by atoms with Crippen LogP contribution in [0.3, 0.4) is 0 Å². The van der Waals surface area contributed by atoms with E-state index in [0.29, 0.717) is 26.3 Å². The molecule has 0 spiro atoms. The number of aryl methyl sites for hydroxylation is 1. The third-order valence-electron chi connectivity index (χ3n) is 3.95. The Labute approximate surface area is 135 Å². The van der Waals surface area contributed by atoms with Crippen LogP contribution in [0.4, 0.5) is 4.79 Å². The lowest BCUT2D eigenvalue weighted by molar-refractivity contribution is 0.0190. The fourth-order valence-corrected chi connectivity index (χ4v) is 2.63. The molecule has 0 aromatic carbocycles. The fraction of sp³-hybridized carbons (Fsp3) is 0.438. The minimum Gasteiger partial charge on any atom is -0.377 e. The first kappa shape index (κ1) is 15.5. The molecule has 0 aliphatic carbocycles. The number of nitrogens with zero attached hydrogens (tertiary/aromatic N) is 4. The number of nitrogens with one attached hydrogen (secondary N) is 1. The summed E-state index contributed by atoms with van der Waals surface area (Å²) in [5, 5.41) is 2.96. The summed E-state index contributed by atoms with van der Waals surface area (Å²) in [5.41, 5.74) is 0.998. The van der Waals surface area contributed by atoms with Crippen molar-refractivity contribution < 1.29 is 9.53 Å². The van der Waals surface area contributed by atoms with Crippen LogP contribution in [-0.4, -0.2) is 51.3 Å². The molecule has 3 rings (SSSR count).